The van der Waals surface area contributed by atoms with Crippen molar-refractivity contribution in [2.45, 2.75) is 25.2 Å². The normalized spacial score (nSPS) is 14.0. The quantitative estimate of drug-likeness (QED) is 0.391. The number of ether oxygens (including phenoxy) is 1. The molecule has 1 aromatic carbocycles. The number of rotatable bonds is 6. The Morgan fingerprint density at radius 1 is 1.38 bits per heavy atom. The van der Waals surface area contributed by atoms with E-state index in [0.29, 0.717) is 0 Å². The van der Waals surface area contributed by atoms with Crippen LogP contribution in [0.1, 0.15) is 18.9 Å². The Morgan fingerprint density at radius 3 is 2.54 bits per heavy atom. The van der Waals surface area contributed by atoms with Crippen LogP contribution in [0.25, 0.3) is 0 Å². The second-order valence-corrected chi connectivity index (χ2v) is 6.59. The summed E-state index contributed by atoms with van der Waals surface area (Å²) in [5.41, 5.74) is 0.956. The van der Waals surface area contributed by atoms with Crippen molar-refractivity contribution in [3.63, 3.8) is 0 Å². The molecule has 8 nitrogen and oxygen atoms in total. The van der Waals surface area contributed by atoms with Gasteiger partial charge in [-0.05, 0) is 32.4 Å². The number of guanidine groups is 1. The second-order valence-electron chi connectivity index (χ2n) is 5.16. The first kappa shape index (κ1) is 20.4. The number of benzene rings is 1. The third-order valence-corrected chi connectivity index (χ3v) is 4.01. The molecule has 9 heteroatoms. The van der Waals surface area contributed by atoms with E-state index < -0.39 is 10.1 Å². The van der Waals surface area contributed by atoms with Gasteiger partial charge in [-0.2, -0.15) is 8.42 Å². The van der Waals surface area contributed by atoms with Crippen LogP contribution in [0, 0.1) is 6.92 Å². The molecular weight excluding hydrogens is 332 g/mol. The first-order chi connectivity index (χ1) is 11.3. The van der Waals surface area contributed by atoms with E-state index in [2.05, 4.69) is 10.3 Å². The lowest BCUT2D eigenvalue weighted by Crippen LogP contribution is -2.43. The summed E-state index contributed by atoms with van der Waals surface area (Å²) in [5, 5.41) is 4.80. The molecule has 1 aliphatic heterocycles. The number of nitrogens with zero attached hydrogens (tertiary/aromatic N) is 2. The van der Waals surface area contributed by atoms with E-state index in [1.807, 2.05) is 13.8 Å². The molecule has 0 atom stereocenters. The molecule has 0 spiro atoms. The van der Waals surface area contributed by atoms with Gasteiger partial charge in [0.05, 0.1) is 18.0 Å². The first-order valence-corrected chi connectivity index (χ1v) is 9.21. The summed E-state index contributed by atoms with van der Waals surface area (Å²) < 4.78 is 34.8. The van der Waals surface area contributed by atoms with Crippen molar-refractivity contribution < 1.29 is 17.7 Å². The molecule has 0 unspecified atom stereocenters. The fraction of sp³-hybridized carbons (Fsp3) is 0.533. The zero-order chi connectivity index (χ0) is 18.0. The summed E-state index contributed by atoms with van der Waals surface area (Å²) in [6.45, 7) is 7.89. The summed E-state index contributed by atoms with van der Waals surface area (Å²) >= 11 is 0. The second kappa shape index (κ2) is 10.2. The molecule has 0 aliphatic carbocycles. The first-order valence-electron chi connectivity index (χ1n) is 7.77. The largest absolute Gasteiger partial charge is 0.382 e. The van der Waals surface area contributed by atoms with Gasteiger partial charge in [0.15, 0.2) is 0 Å². The Kier molecular flexibility index (Phi) is 8.69. The van der Waals surface area contributed by atoms with Gasteiger partial charge in [-0.3, -0.25) is 14.6 Å². The maximum Gasteiger partial charge on any atom is 0.294 e. The number of aryl methyl sites for hydroxylation is 1. The minimum atomic E-state index is -4.02. The molecule has 1 heterocycles. The van der Waals surface area contributed by atoms with Crippen molar-refractivity contribution in [1.29, 1.82) is 0 Å². The van der Waals surface area contributed by atoms with Crippen LogP contribution in [-0.4, -0.2) is 56.8 Å². The fourth-order valence-electron chi connectivity index (χ4n) is 1.85. The molecule has 1 aromatic rings. The minimum absolute atomic E-state index is 0.0666. The van der Waals surface area contributed by atoms with Gasteiger partial charge in [-0.25, -0.2) is 5.84 Å². The number of hydrogen-bond donors (Lipinski definition) is 3. The summed E-state index contributed by atoms with van der Waals surface area (Å²) in [6, 6.07) is 5.99. The number of nitrogens with one attached hydrogen (secondary N) is 1. The fourth-order valence-corrected chi connectivity index (χ4v) is 2.33. The average molecular weight is 358 g/mol. The molecule has 0 saturated carbocycles. The van der Waals surface area contributed by atoms with E-state index in [4.69, 9.17) is 15.1 Å². The average Bonchev–Trinajstić information content (AvgIpc) is 2.93. The van der Waals surface area contributed by atoms with Gasteiger partial charge in [0.2, 0.25) is 5.96 Å². The number of hydrazine groups is 1. The van der Waals surface area contributed by atoms with Crippen LogP contribution < -0.4 is 11.2 Å². The maximum absolute atomic E-state index is 10.5. The van der Waals surface area contributed by atoms with Crippen LogP contribution in [-0.2, 0) is 14.9 Å². The van der Waals surface area contributed by atoms with Gasteiger partial charge < -0.3 is 10.1 Å². The molecule has 24 heavy (non-hydrogen) atoms. The Morgan fingerprint density at radius 2 is 2.04 bits per heavy atom. The maximum atomic E-state index is 10.5. The molecule has 4 N–H and O–H groups in total. The van der Waals surface area contributed by atoms with E-state index >= 15 is 0 Å². The molecule has 0 bridgehead atoms. The molecule has 0 amide bonds. The van der Waals surface area contributed by atoms with Crippen LogP contribution in [0.15, 0.2) is 34.2 Å². The zero-order valence-electron chi connectivity index (χ0n) is 14.1. The molecule has 0 saturated heterocycles. The molecule has 2 rings (SSSR count). The van der Waals surface area contributed by atoms with Crippen LogP contribution in [0.4, 0.5) is 0 Å². The highest BCUT2D eigenvalue weighted by molar-refractivity contribution is 7.85. The highest BCUT2D eigenvalue weighted by Gasteiger charge is 2.11. The van der Waals surface area contributed by atoms with Crippen molar-refractivity contribution in [3.8, 4) is 0 Å². The van der Waals surface area contributed by atoms with Crippen LogP contribution in [0.2, 0.25) is 0 Å². The lowest BCUT2D eigenvalue weighted by Gasteiger charge is -2.14. The Hall–Kier alpha value is -1.68. The number of hydrogen-bond acceptors (Lipinski definition) is 7. The smallest absolute Gasteiger partial charge is 0.294 e. The van der Waals surface area contributed by atoms with Gasteiger partial charge in [0.1, 0.15) is 0 Å². The molecule has 0 radical (unpaired) electrons. The number of aliphatic imine (C=N–C) groups is 1. The minimum Gasteiger partial charge on any atom is -0.382 e. The summed E-state index contributed by atoms with van der Waals surface area (Å²) in [7, 11) is -4.02. The van der Waals surface area contributed by atoms with E-state index in [0.717, 1.165) is 50.8 Å². The predicted octanol–water partition coefficient (Wildman–Crippen LogP) is 0.790. The standard InChI is InChI=1S/C8H18N4O.C7H8O3S/c1-2-13-7-3-4-10-8-11-5-6-12(8)9;1-6-2-4-7(5-3-6)11(8,9)10/h2-7,9H2,1H3,(H,10,11);2-5H,1H3,(H,8,9,10). The van der Waals surface area contributed by atoms with Crippen molar-refractivity contribution in [2.24, 2.45) is 10.8 Å². The summed E-state index contributed by atoms with van der Waals surface area (Å²) in [6.07, 6.45) is 0.987. The van der Waals surface area contributed by atoms with Gasteiger partial charge in [-0.1, -0.05) is 17.7 Å². The lowest BCUT2D eigenvalue weighted by atomic mass is 10.2. The lowest BCUT2D eigenvalue weighted by molar-refractivity contribution is 0.145. The van der Waals surface area contributed by atoms with E-state index in [-0.39, 0.29) is 4.90 Å². The van der Waals surface area contributed by atoms with Crippen molar-refractivity contribution in [2.75, 3.05) is 32.8 Å². The van der Waals surface area contributed by atoms with E-state index in [1.165, 1.54) is 12.1 Å². The van der Waals surface area contributed by atoms with Gasteiger partial charge >= 0.3 is 0 Å². The van der Waals surface area contributed by atoms with E-state index in [9.17, 15) is 8.42 Å². The SMILES string of the molecule is CCOCCCNC1=NCCN1N.Cc1ccc(S(=O)(=O)O)cc1. The van der Waals surface area contributed by atoms with Gasteiger partial charge in [0, 0.05) is 19.8 Å². The van der Waals surface area contributed by atoms with Gasteiger partial charge in [-0.15, -0.1) is 0 Å². The summed E-state index contributed by atoms with van der Waals surface area (Å²) in [4.78, 5) is 4.13. The third kappa shape index (κ3) is 7.73. The number of nitrogens with two attached hydrogens (primary N) is 1. The molecule has 0 fully saturated rings. The Balaban J connectivity index is 0.000000243. The summed E-state index contributed by atoms with van der Waals surface area (Å²) in [5.74, 6) is 6.43. The Bertz CT molecular complexity index is 617. The molecular formula is C15H26N4O4S. The topological polar surface area (TPSA) is 117 Å². The molecule has 136 valence electrons. The van der Waals surface area contributed by atoms with Crippen molar-refractivity contribution in [1.82, 2.24) is 10.3 Å². The van der Waals surface area contributed by atoms with Crippen LogP contribution in [0.5, 0.6) is 0 Å². The Labute approximate surface area is 143 Å². The highest BCUT2D eigenvalue weighted by atomic mass is 32.2. The molecule has 1 aliphatic rings. The monoisotopic (exact) mass is 358 g/mol. The predicted molar refractivity (Wildman–Crippen MR) is 93.3 cm³/mol. The van der Waals surface area contributed by atoms with Crippen LogP contribution in [0.3, 0.4) is 0 Å². The third-order valence-electron chi connectivity index (χ3n) is 3.15. The van der Waals surface area contributed by atoms with E-state index in [1.54, 1.807) is 17.1 Å². The van der Waals surface area contributed by atoms with Crippen molar-refractivity contribution >= 4 is 16.1 Å². The van der Waals surface area contributed by atoms with Gasteiger partial charge in [0.25, 0.3) is 10.1 Å². The molecule has 0 aromatic heterocycles. The van der Waals surface area contributed by atoms with Crippen LogP contribution >= 0.6 is 0 Å². The highest BCUT2D eigenvalue weighted by Crippen LogP contribution is 2.08. The van der Waals surface area contributed by atoms with Crippen molar-refractivity contribution in [3.05, 3.63) is 29.8 Å². The zero-order valence-corrected chi connectivity index (χ0v) is 14.9.